The van der Waals surface area contributed by atoms with Crippen LogP contribution in [0, 0.1) is 0 Å². The zero-order valence-corrected chi connectivity index (χ0v) is 21.4. The number of hydrogen-bond acceptors (Lipinski definition) is 2. The van der Waals surface area contributed by atoms with Crippen molar-refractivity contribution in [1.29, 1.82) is 0 Å². The van der Waals surface area contributed by atoms with Crippen molar-refractivity contribution >= 4 is 54.8 Å². The van der Waals surface area contributed by atoms with Crippen molar-refractivity contribution in [1.82, 2.24) is 0 Å². The van der Waals surface area contributed by atoms with Gasteiger partial charge in [0.2, 0.25) is 0 Å². The highest BCUT2D eigenvalue weighted by Gasteiger charge is 2.21. The fraction of sp³-hybridized carbons (Fsp3) is 0.0541. The van der Waals surface area contributed by atoms with Crippen LogP contribution in [0.1, 0.15) is 24.0 Å². The van der Waals surface area contributed by atoms with E-state index >= 15 is 0 Å². The summed E-state index contributed by atoms with van der Waals surface area (Å²) in [4.78, 5) is 5.10. The van der Waals surface area contributed by atoms with Gasteiger partial charge in [-0.2, -0.15) is 0 Å². The summed E-state index contributed by atoms with van der Waals surface area (Å²) >= 11 is 0. The Labute approximate surface area is 226 Å². The van der Waals surface area contributed by atoms with Crippen LogP contribution in [-0.4, -0.2) is 5.71 Å². The highest BCUT2D eigenvalue weighted by Crippen LogP contribution is 2.43. The van der Waals surface area contributed by atoms with Crippen molar-refractivity contribution in [2.24, 2.45) is 4.99 Å². The molecule has 0 N–H and O–H groups in total. The Kier molecular flexibility index (Phi) is 4.99. The number of furan rings is 1. The minimum absolute atomic E-state index is 0.882. The lowest BCUT2D eigenvalue weighted by Gasteiger charge is -2.21. The molecule has 2 heterocycles. The van der Waals surface area contributed by atoms with E-state index in [1.54, 1.807) is 0 Å². The summed E-state index contributed by atoms with van der Waals surface area (Å²) in [7, 11) is 0. The molecule has 0 spiro atoms. The van der Waals surface area contributed by atoms with Crippen LogP contribution in [0.25, 0.3) is 60.2 Å². The maximum atomic E-state index is 6.15. The van der Waals surface area contributed by atoms with Crippen LogP contribution in [0.5, 0.6) is 0 Å². The quantitative estimate of drug-likeness (QED) is 0.222. The number of nitrogens with zero attached hydrogens (tertiary/aromatic N) is 1. The van der Waals surface area contributed by atoms with Crippen LogP contribution in [0.4, 0.5) is 0 Å². The Hall–Kier alpha value is -4.95. The van der Waals surface area contributed by atoms with Gasteiger partial charge in [0, 0.05) is 28.2 Å². The molecule has 1 aliphatic rings. The molecule has 0 atom stereocenters. The second kappa shape index (κ2) is 8.82. The molecular formula is C37H25NO. The molecule has 0 amide bonds. The van der Waals surface area contributed by atoms with E-state index in [0.29, 0.717) is 0 Å². The minimum atomic E-state index is 0.882. The predicted molar refractivity (Wildman–Crippen MR) is 164 cm³/mol. The van der Waals surface area contributed by atoms with Crippen molar-refractivity contribution < 1.29 is 4.42 Å². The summed E-state index contributed by atoms with van der Waals surface area (Å²) in [6.45, 7) is 0. The Morgan fingerprint density at radius 2 is 1.08 bits per heavy atom. The van der Waals surface area contributed by atoms with E-state index in [0.717, 1.165) is 40.5 Å². The first-order chi connectivity index (χ1) is 19.4. The van der Waals surface area contributed by atoms with Crippen molar-refractivity contribution in [2.75, 3.05) is 0 Å². The van der Waals surface area contributed by atoms with Gasteiger partial charge in [-0.05, 0) is 68.8 Å². The number of aliphatic imine (C=N–C) groups is 1. The van der Waals surface area contributed by atoms with Gasteiger partial charge in [0.05, 0.1) is 0 Å². The Morgan fingerprint density at radius 1 is 0.487 bits per heavy atom. The average Bonchev–Trinajstić information content (AvgIpc) is 3.39. The van der Waals surface area contributed by atoms with Crippen molar-refractivity contribution in [3.63, 3.8) is 0 Å². The molecule has 0 radical (unpaired) electrons. The molecule has 2 nitrogen and oxygen atoms in total. The molecule has 184 valence electrons. The van der Waals surface area contributed by atoms with E-state index in [2.05, 4.69) is 115 Å². The fourth-order valence-electron chi connectivity index (χ4n) is 6.34. The maximum Gasteiger partial charge on any atom is 0.136 e. The van der Waals surface area contributed by atoms with Gasteiger partial charge in [-0.1, -0.05) is 109 Å². The summed E-state index contributed by atoms with van der Waals surface area (Å²) < 4.78 is 6.15. The highest BCUT2D eigenvalue weighted by atomic mass is 16.3. The van der Waals surface area contributed by atoms with Gasteiger partial charge in [-0.3, -0.25) is 4.99 Å². The van der Waals surface area contributed by atoms with Crippen LogP contribution in [0.3, 0.4) is 0 Å². The molecule has 0 fully saturated rings. The second-order valence-electron chi connectivity index (χ2n) is 10.2. The molecule has 0 aliphatic carbocycles. The van der Waals surface area contributed by atoms with Crippen molar-refractivity contribution in [3.05, 3.63) is 139 Å². The van der Waals surface area contributed by atoms with Gasteiger partial charge >= 0.3 is 0 Å². The molecule has 0 unspecified atom stereocenters. The lowest BCUT2D eigenvalue weighted by atomic mass is 9.84. The molecule has 6 aromatic carbocycles. The Bertz CT molecular complexity index is 2050. The zero-order chi connectivity index (χ0) is 25.8. The Morgan fingerprint density at radius 3 is 1.74 bits per heavy atom. The van der Waals surface area contributed by atoms with Crippen LogP contribution in [0.15, 0.2) is 137 Å². The number of allylic oxidation sites excluding steroid dienone is 1. The van der Waals surface area contributed by atoms with Gasteiger partial charge in [-0.15, -0.1) is 0 Å². The van der Waals surface area contributed by atoms with Gasteiger partial charge in [-0.25, -0.2) is 0 Å². The second-order valence-corrected chi connectivity index (χ2v) is 10.2. The topological polar surface area (TPSA) is 25.5 Å². The van der Waals surface area contributed by atoms with Gasteiger partial charge in [0.1, 0.15) is 11.2 Å². The maximum absolute atomic E-state index is 6.15. The molecule has 2 heteroatoms. The molecule has 0 saturated carbocycles. The summed E-state index contributed by atoms with van der Waals surface area (Å²) in [6.07, 6.45) is 3.92. The molecule has 1 aromatic heterocycles. The standard InChI is InChI=1S/C37H25NO/c1-2-11-24(12-3-1)35-26-13-4-6-15-28(26)36(29-16-7-5-14-27(29)35)25-21-22-32(38-23-25)30-18-10-20-34-37(30)31-17-8-9-19-33(31)39-34/h1-20,23H,21-22H2. The molecule has 0 saturated heterocycles. The first kappa shape index (κ1) is 22.1. The normalized spacial score (nSPS) is 13.7. The first-order valence-electron chi connectivity index (χ1n) is 13.5. The lowest BCUT2D eigenvalue weighted by molar-refractivity contribution is 0.669. The average molecular weight is 500 g/mol. The monoisotopic (exact) mass is 499 g/mol. The molecule has 39 heavy (non-hydrogen) atoms. The third-order valence-electron chi connectivity index (χ3n) is 8.04. The molecule has 0 bridgehead atoms. The molecule has 8 rings (SSSR count). The van der Waals surface area contributed by atoms with Crippen molar-refractivity contribution in [2.45, 2.75) is 12.8 Å². The third-order valence-corrected chi connectivity index (χ3v) is 8.04. The van der Waals surface area contributed by atoms with E-state index in [1.165, 1.54) is 49.4 Å². The fourth-order valence-corrected chi connectivity index (χ4v) is 6.34. The van der Waals surface area contributed by atoms with Crippen LogP contribution in [-0.2, 0) is 0 Å². The minimum Gasteiger partial charge on any atom is -0.456 e. The van der Waals surface area contributed by atoms with Gasteiger partial charge < -0.3 is 4.42 Å². The smallest absolute Gasteiger partial charge is 0.136 e. The van der Waals surface area contributed by atoms with Gasteiger partial charge in [0.15, 0.2) is 0 Å². The lowest BCUT2D eigenvalue weighted by Crippen LogP contribution is -2.06. The largest absolute Gasteiger partial charge is 0.456 e. The van der Waals surface area contributed by atoms with E-state index in [9.17, 15) is 0 Å². The molecular weight excluding hydrogens is 474 g/mol. The highest BCUT2D eigenvalue weighted by molar-refractivity contribution is 6.21. The van der Waals surface area contributed by atoms with Crippen LogP contribution < -0.4 is 0 Å². The number of rotatable bonds is 3. The number of para-hydroxylation sites is 1. The Balaban J connectivity index is 1.34. The summed E-state index contributed by atoms with van der Waals surface area (Å²) in [6, 6.07) is 43.0. The summed E-state index contributed by atoms with van der Waals surface area (Å²) in [5.41, 5.74) is 9.25. The third kappa shape index (κ3) is 3.45. The van der Waals surface area contributed by atoms with E-state index < -0.39 is 0 Å². The molecule has 7 aromatic rings. The number of fused-ring (bicyclic) bond motifs is 5. The van der Waals surface area contributed by atoms with E-state index in [1.807, 2.05) is 12.1 Å². The van der Waals surface area contributed by atoms with E-state index in [-0.39, 0.29) is 0 Å². The number of hydrogen-bond donors (Lipinski definition) is 0. The first-order valence-corrected chi connectivity index (χ1v) is 13.5. The predicted octanol–water partition coefficient (Wildman–Crippen LogP) is 10.2. The summed E-state index contributed by atoms with van der Waals surface area (Å²) in [5, 5.41) is 7.43. The molecule has 1 aliphatic heterocycles. The van der Waals surface area contributed by atoms with Crippen LogP contribution >= 0.6 is 0 Å². The number of benzene rings is 6. The van der Waals surface area contributed by atoms with Gasteiger partial charge in [0.25, 0.3) is 0 Å². The zero-order valence-electron chi connectivity index (χ0n) is 21.4. The SMILES string of the molecule is C1=C(c2c3ccccc3c(-c3ccccc3)c3ccccc23)CCC(c2cccc3oc4ccccc4c23)=N1. The van der Waals surface area contributed by atoms with E-state index in [4.69, 9.17) is 9.41 Å². The van der Waals surface area contributed by atoms with Crippen LogP contribution in [0.2, 0.25) is 0 Å². The summed E-state index contributed by atoms with van der Waals surface area (Å²) in [5.74, 6) is 0. The van der Waals surface area contributed by atoms with Crippen molar-refractivity contribution in [3.8, 4) is 11.1 Å².